The number of rotatable bonds is 5. The molecular formula is C19H30O10. The average Bonchev–Trinajstić information content (AvgIpc) is 2.57. The van der Waals surface area contributed by atoms with Crippen LogP contribution in [-0.2, 0) is 42.8 Å². The third-order valence-electron chi connectivity index (χ3n) is 4.90. The molecule has 1 N–H and O–H groups in total. The molecule has 0 aromatic heterocycles. The van der Waals surface area contributed by atoms with Gasteiger partial charge >= 0.3 is 17.9 Å². The summed E-state index contributed by atoms with van der Waals surface area (Å²) in [7, 11) is 0. The summed E-state index contributed by atoms with van der Waals surface area (Å²) in [6.45, 7) is 8.98. The first-order valence-corrected chi connectivity index (χ1v) is 9.65. The van der Waals surface area contributed by atoms with E-state index in [-0.39, 0.29) is 12.0 Å². The molecule has 0 saturated carbocycles. The van der Waals surface area contributed by atoms with Gasteiger partial charge in [0, 0.05) is 33.1 Å². The van der Waals surface area contributed by atoms with Gasteiger partial charge in [-0.3, -0.25) is 14.4 Å². The first-order chi connectivity index (χ1) is 13.5. The van der Waals surface area contributed by atoms with Crippen LogP contribution in [0.4, 0.5) is 0 Å². The predicted octanol–water partition coefficient (Wildman–Crippen LogP) is 0.675. The highest BCUT2D eigenvalue weighted by atomic mass is 16.7. The summed E-state index contributed by atoms with van der Waals surface area (Å²) in [5.74, 6) is -2.03. The molecule has 10 nitrogen and oxygen atoms in total. The summed E-state index contributed by atoms with van der Waals surface area (Å²) in [5, 5.41) is 10.2. The molecule has 2 rings (SSSR count). The zero-order chi connectivity index (χ0) is 21.9. The van der Waals surface area contributed by atoms with Crippen LogP contribution in [0.3, 0.4) is 0 Å². The maximum absolute atomic E-state index is 11.7. The molecule has 2 fully saturated rings. The molecule has 0 amide bonds. The number of hydrogen-bond donors (Lipinski definition) is 1. The van der Waals surface area contributed by atoms with Crippen molar-refractivity contribution in [2.75, 3.05) is 0 Å². The highest BCUT2D eigenvalue weighted by Gasteiger charge is 2.51. The van der Waals surface area contributed by atoms with Gasteiger partial charge in [0.2, 0.25) is 0 Å². The van der Waals surface area contributed by atoms with Gasteiger partial charge in [-0.05, 0) is 13.8 Å². The number of esters is 3. The summed E-state index contributed by atoms with van der Waals surface area (Å²) in [6.07, 6.45) is -6.43. The normalized spacial score (nSPS) is 40.0. The van der Waals surface area contributed by atoms with Crippen molar-refractivity contribution < 1.29 is 47.9 Å². The van der Waals surface area contributed by atoms with Crippen LogP contribution in [0.2, 0.25) is 0 Å². The molecule has 9 atom stereocenters. The fourth-order valence-electron chi connectivity index (χ4n) is 3.63. The quantitative estimate of drug-likeness (QED) is 0.503. The van der Waals surface area contributed by atoms with Gasteiger partial charge in [0.05, 0.1) is 12.2 Å². The highest BCUT2D eigenvalue weighted by Crippen LogP contribution is 2.34. The number of aliphatic hydroxyl groups is 1. The van der Waals surface area contributed by atoms with Crippen LogP contribution < -0.4 is 0 Å². The van der Waals surface area contributed by atoms with Crippen molar-refractivity contribution in [2.45, 2.75) is 97.2 Å². The second kappa shape index (κ2) is 9.84. The van der Waals surface area contributed by atoms with Crippen LogP contribution in [0.1, 0.15) is 48.0 Å². The Labute approximate surface area is 169 Å². The maximum Gasteiger partial charge on any atom is 0.303 e. The smallest absolute Gasteiger partial charge is 0.303 e. The minimum Gasteiger partial charge on any atom is -0.462 e. The molecule has 10 heteroatoms. The summed E-state index contributed by atoms with van der Waals surface area (Å²) in [5.41, 5.74) is 0. The van der Waals surface area contributed by atoms with Gasteiger partial charge in [-0.2, -0.15) is 0 Å². The second-order valence-corrected chi connectivity index (χ2v) is 7.54. The predicted molar refractivity (Wildman–Crippen MR) is 96.2 cm³/mol. The van der Waals surface area contributed by atoms with Crippen LogP contribution in [-0.4, -0.2) is 72.2 Å². The molecule has 9 unspecified atom stereocenters. The van der Waals surface area contributed by atoms with E-state index in [4.69, 9.17) is 28.4 Å². The average molecular weight is 418 g/mol. The van der Waals surface area contributed by atoms with Crippen molar-refractivity contribution in [3.05, 3.63) is 0 Å². The van der Waals surface area contributed by atoms with Gasteiger partial charge in [-0.15, -0.1) is 0 Å². The van der Waals surface area contributed by atoms with Crippen molar-refractivity contribution >= 4 is 17.9 Å². The number of ether oxygens (including phenoxy) is 6. The molecule has 166 valence electrons. The zero-order valence-electron chi connectivity index (χ0n) is 17.5. The molecule has 2 heterocycles. The van der Waals surface area contributed by atoms with Crippen LogP contribution in [0, 0.1) is 5.92 Å². The topological polar surface area (TPSA) is 127 Å². The van der Waals surface area contributed by atoms with E-state index in [0.29, 0.717) is 6.42 Å². The van der Waals surface area contributed by atoms with Gasteiger partial charge in [-0.1, -0.05) is 6.92 Å². The summed E-state index contributed by atoms with van der Waals surface area (Å²) in [4.78, 5) is 34.5. The lowest BCUT2D eigenvalue weighted by Gasteiger charge is -2.46. The van der Waals surface area contributed by atoms with Crippen molar-refractivity contribution in [3.8, 4) is 0 Å². The Morgan fingerprint density at radius 1 is 0.828 bits per heavy atom. The molecular weight excluding hydrogens is 388 g/mol. The Morgan fingerprint density at radius 3 is 1.93 bits per heavy atom. The van der Waals surface area contributed by atoms with E-state index in [1.54, 1.807) is 6.92 Å². The molecule has 0 aromatic rings. The Bertz CT molecular complexity index is 608. The Kier molecular flexibility index (Phi) is 7.98. The molecule has 2 saturated heterocycles. The van der Waals surface area contributed by atoms with Crippen LogP contribution in [0.15, 0.2) is 0 Å². The van der Waals surface area contributed by atoms with Crippen molar-refractivity contribution in [1.82, 2.24) is 0 Å². The number of carbonyl (C=O) groups excluding carboxylic acids is 3. The Balaban J connectivity index is 2.24. The third kappa shape index (κ3) is 6.11. The van der Waals surface area contributed by atoms with Crippen LogP contribution in [0.5, 0.6) is 0 Å². The molecule has 2 aliphatic rings. The van der Waals surface area contributed by atoms with Crippen molar-refractivity contribution in [3.63, 3.8) is 0 Å². The monoisotopic (exact) mass is 418 g/mol. The second-order valence-electron chi connectivity index (χ2n) is 7.54. The fraction of sp³-hybridized carbons (Fsp3) is 0.842. The van der Waals surface area contributed by atoms with E-state index in [9.17, 15) is 19.5 Å². The van der Waals surface area contributed by atoms with Crippen molar-refractivity contribution in [1.29, 1.82) is 0 Å². The Morgan fingerprint density at radius 2 is 1.38 bits per heavy atom. The lowest BCUT2D eigenvalue weighted by molar-refractivity contribution is -0.332. The lowest BCUT2D eigenvalue weighted by Crippen LogP contribution is -2.62. The van der Waals surface area contributed by atoms with E-state index in [2.05, 4.69) is 0 Å². The van der Waals surface area contributed by atoms with Crippen LogP contribution in [0.25, 0.3) is 0 Å². The van der Waals surface area contributed by atoms with E-state index < -0.39 is 61.0 Å². The van der Waals surface area contributed by atoms with E-state index >= 15 is 0 Å². The minimum atomic E-state index is -1.49. The van der Waals surface area contributed by atoms with E-state index in [1.807, 2.05) is 13.8 Å². The van der Waals surface area contributed by atoms with Crippen molar-refractivity contribution in [2.24, 2.45) is 5.92 Å². The van der Waals surface area contributed by atoms with Gasteiger partial charge in [-0.25, -0.2) is 0 Å². The number of carbonyl (C=O) groups is 3. The van der Waals surface area contributed by atoms with Crippen LogP contribution >= 0.6 is 0 Å². The first-order valence-electron chi connectivity index (χ1n) is 9.65. The van der Waals surface area contributed by atoms with E-state index in [0.717, 1.165) is 0 Å². The molecule has 0 radical (unpaired) electrons. The number of hydrogen-bond acceptors (Lipinski definition) is 10. The Hall–Kier alpha value is -1.75. The van der Waals surface area contributed by atoms with Gasteiger partial charge in [0.1, 0.15) is 12.2 Å². The molecule has 0 aliphatic carbocycles. The summed E-state index contributed by atoms with van der Waals surface area (Å²) >= 11 is 0. The minimum absolute atomic E-state index is 0.248. The summed E-state index contributed by atoms with van der Waals surface area (Å²) < 4.78 is 33.2. The number of aliphatic hydroxyl groups excluding tert-OH is 1. The first kappa shape index (κ1) is 23.5. The highest BCUT2D eigenvalue weighted by molar-refractivity contribution is 5.67. The largest absolute Gasteiger partial charge is 0.462 e. The van der Waals surface area contributed by atoms with E-state index in [1.165, 1.54) is 20.8 Å². The molecule has 29 heavy (non-hydrogen) atoms. The lowest BCUT2D eigenvalue weighted by atomic mass is 9.94. The molecule has 0 bridgehead atoms. The third-order valence-corrected chi connectivity index (χ3v) is 4.90. The van der Waals surface area contributed by atoms with Gasteiger partial charge < -0.3 is 33.5 Å². The van der Waals surface area contributed by atoms with Gasteiger partial charge in [0.25, 0.3) is 0 Å². The summed E-state index contributed by atoms with van der Waals surface area (Å²) in [6, 6.07) is 0. The molecule has 2 aliphatic heterocycles. The SMILES string of the molecule is CC(=O)OC1CC(C)OC(OC2C(C)OC(O)C(OC(C)=O)C2OC(C)=O)C1C. The van der Waals surface area contributed by atoms with Gasteiger partial charge in [0.15, 0.2) is 24.8 Å². The standard InChI is InChI=1S/C19H30O10/c1-8-7-14(26-11(4)20)9(2)19(24-8)29-15-10(3)25-18(23)17(28-13(6)22)16(15)27-12(5)21/h8-10,14-19,23H,7H2,1-6H3. The fourth-order valence-corrected chi connectivity index (χ4v) is 3.63. The molecule has 0 spiro atoms. The molecule has 0 aromatic carbocycles. The maximum atomic E-state index is 11.7. The zero-order valence-corrected chi connectivity index (χ0v) is 17.5.